The lowest BCUT2D eigenvalue weighted by Gasteiger charge is -2.23. The van der Waals surface area contributed by atoms with Crippen LogP contribution < -0.4 is 4.90 Å². The van der Waals surface area contributed by atoms with Crippen molar-refractivity contribution in [2.45, 2.75) is 38.5 Å². The molecule has 2 aliphatic rings. The molecule has 0 aromatic heterocycles. The molecule has 0 spiro atoms. The van der Waals surface area contributed by atoms with Crippen LogP contribution in [0, 0.1) is 0 Å². The fourth-order valence-electron chi connectivity index (χ4n) is 5.73. The van der Waals surface area contributed by atoms with Crippen molar-refractivity contribution >= 4 is 39.5 Å². The van der Waals surface area contributed by atoms with Crippen LogP contribution in [0.25, 0.3) is 10.8 Å². The van der Waals surface area contributed by atoms with Gasteiger partial charge in [-0.2, -0.15) is 4.58 Å². The molecule has 0 saturated heterocycles. The lowest BCUT2D eigenvalue weighted by Crippen LogP contribution is -2.27. The van der Waals surface area contributed by atoms with Crippen LogP contribution in [0.5, 0.6) is 0 Å². The second-order valence-electron chi connectivity index (χ2n) is 10.0. The molecule has 3 aromatic carbocycles. The number of rotatable bonds is 2. The summed E-state index contributed by atoms with van der Waals surface area (Å²) >= 11 is 6.31. The zero-order valence-corrected chi connectivity index (χ0v) is 20.5. The normalized spacial score (nSPS) is 20.0. The zero-order valence-electron chi connectivity index (χ0n) is 19.7. The maximum absolute atomic E-state index is 6.31. The van der Waals surface area contributed by atoms with Crippen molar-refractivity contribution in [1.29, 1.82) is 0 Å². The SMILES string of the molecule is CN1/C(=C\C=C\C2=[N+](C)c3ccc4ccccc4c3C2(C)C)C(C)(C)c2cc(Cl)ccc21. The van der Waals surface area contributed by atoms with E-state index in [-0.39, 0.29) is 10.8 Å². The Balaban J connectivity index is 1.55. The molecule has 2 nitrogen and oxygen atoms in total. The quantitative estimate of drug-likeness (QED) is 0.376. The van der Waals surface area contributed by atoms with Crippen LogP contribution in [0.2, 0.25) is 5.02 Å². The first-order chi connectivity index (χ1) is 15.1. The standard InChI is InChI=1S/C29H30ClN2/c1-28(2)22-18-20(30)15-17-23(22)31(5)25(28)12-9-13-26-29(3,4)27-21-11-8-7-10-19(21)14-16-24(27)32(26)6/h7-18H,1-6H3/q+1. The summed E-state index contributed by atoms with van der Waals surface area (Å²) in [6, 6.07) is 19.4. The molecule has 0 saturated carbocycles. The highest BCUT2D eigenvalue weighted by Crippen LogP contribution is 2.48. The van der Waals surface area contributed by atoms with Crippen LogP contribution >= 0.6 is 11.6 Å². The van der Waals surface area contributed by atoms with Crippen LogP contribution in [0.1, 0.15) is 38.8 Å². The molecule has 0 bridgehead atoms. The van der Waals surface area contributed by atoms with E-state index in [9.17, 15) is 0 Å². The Morgan fingerprint density at radius 3 is 2.47 bits per heavy atom. The van der Waals surface area contributed by atoms with Gasteiger partial charge in [0.2, 0.25) is 5.69 Å². The molecule has 0 atom stereocenters. The molecule has 0 amide bonds. The topological polar surface area (TPSA) is 6.25 Å². The van der Waals surface area contributed by atoms with Gasteiger partial charge in [-0.25, -0.2) is 0 Å². The van der Waals surface area contributed by atoms with Crippen molar-refractivity contribution in [2.24, 2.45) is 0 Å². The number of anilines is 1. The van der Waals surface area contributed by atoms with Crippen molar-refractivity contribution in [3.05, 3.63) is 94.7 Å². The van der Waals surface area contributed by atoms with Gasteiger partial charge in [-0.05, 0) is 60.5 Å². The predicted octanol–water partition coefficient (Wildman–Crippen LogP) is 7.37. The van der Waals surface area contributed by atoms with E-state index in [1.807, 2.05) is 6.07 Å². The molecule has 3 aromatic rings. The number of likely N-dealkylation sites (N-methyl/N-ethyl adjacent to an activating group) is 1. The summed E-state index contributed by atoms with van der Waals surface area (Å²) in [5.74, 6) is 0. The summed E-state index contributed by atoms with van der Waals surface area (Å²) in [4.78, 5) is 2.28. The summed E-state index contributed by atoms with van der Waals surface area (Å²) in [5, 5.41) is 3.43. The Labute approximate surface area is 196 Å². The number of nitrogens with zero attached hydrogens (tertiary/aromatic N) is 2. The fourth-order valence-corrected chi connectivity index (χ4v) is 5.90. The fraction of sp³-hybridized carbons (Fsp3) is 0.276. The minimum Gasteiger partial charge on any atom is -0.347 e. The van der Waals surface area contributed by atoms with Gasteiger partial charge in [-0.3, -0.25) is 0 Å². The van der Waals surface area contributed by atoms with E-state index in [0.717, 1.165) is 5.02 Å². The highest BCUT2D eigenvalue weighted by molar-refractivity contribution is 6.30. The molecule has 2 aliphatic heterocycles. The summed E-state index contributed by atoms with van der Waals surface area (Å²) in [5.41, 5.74) is 7.61. The molecule has 3 heteroatoms. The average Bonchev–Trinajstić information content (AvgIpc) is 3.07. The first-order valence-corrected chi connectivity index (χ1v) is 11.6. The molecule has 32 heavy (non-hydrogen) atoms. The second kappa shape index (κ2) is 7.08. The van der Waals surface area contributed by atoms with Crippen molar-refractivity contribution < 1.29 is 4.58 Å². The molecule has 0 aliphatic carbocycles. The first-order valence-electron chi connectivity index (χ1n) is 11.2. The van der Waals surface area contributed by atoms with E-state index in [2.05, 4.69) is 118 Å². The third-order valence-corrected chi connectivity index (χ3v) is 7.63. The van der Waals surface area contributed by atoms with Gasteiger partial charge in [-0.1, -0.05) is 55.8 Å². The molecule has 0 unspecified atom stereocenters. The smallest absolute Gasteiger partial charge is 0.210 e. The van der Waals surface area contributed by atoms with E-state index in [4.69, 9.17) is 11.6 Å². The number of halogens is 1. The van der Waals surface area contributed by atoms with Gasteiger partial charge < -0.3 is 4.90 Å². The van der Waals surface area contributed by atoms with Gasteiger partial charge in [-0.15, -0.1) is 0 Å². The van der Waals surface area contributed by atoms with Crippen LogP contribution in [-0.2, 0) is 10.8 Å². The third-order valence-electron chi connectivity index (χ3n) is 7.40. The van der Waals surface area contributed by atoms with Gasteiger partial charge in [0.1, 0.15) is 7.05 Å². The van der Waals surface area contributed by atoms with Gasteiger partial charge >= 0.3 is 0 Å². The number of hydrogen-bond donors (Lipinski definition) is 0. The Bertz CT molecular complexity index is 1350. The molecule has 0 radical (unpaired) electrons. The lowest BCUT2D eigenvalue weighted by atomic mass is 9.79. The molecule has 162 valence electrons. The predicted molar refractivity (Wildman–Crippen MR) is 138 cm³/mol. The van der Waals surface area contributed by atoms with Gasteiger partial charge in [0.05, 0.1) is 5.41 Å². The highest BCUT2D eigenvalue weighted by atomic mass is 35.5. The Kier molecular flexibility index (Phi) is 4.65. The van der Waals surface area contributed by atoms with Gasteiger partial charge in [0.25, 0.3) is 0 Å². The van der Waals surface area contributed by atoms with Crippen LogP contribution in [0.4, 0.5) is 11.4 Å². The largest absolute Gasteiger partial charge is 0.347 e. The second-order valence-corrected chi connectivity index (χ2v) is 10.4. The first kappa shape index (κ1) is 21.0. The van der Waals surface area contributed by atoms with E-state index >= 15 is 0 Å². The summed E-state index contributed by atoms with van der Waals surface area (Å²) in [6.07, 6.45) is 6.75. The van der Waals surface area contributed by atoms with E-state index in [0.29, 0.717) is 0 Å². The van der Waals surface area contributed by atoms with Crippen molar-refractivity contribution in [2.75, 3.05) is 19.0 Å². The molecular formula is C29H30ClN2+. The molecular weight excluding hydrogens is 412 g/mol. The Morgan fingerprint density at radius 2 is 1.69 bits per heavy atom. The minimum atomic E-state index is -0.0970. The monoisotopic (exact) mass is 441 g/mol. The number of allylic oxidation sites excluding steroid dienone is 4. The lowest BCUT2D eigenvalue weighted by molar-refractivity contribution is -0.401. The summed E-state index contributed by atoms with van der Waals surface area (Å²) in [7, 11) is 4.32. The summed E-state index contributed by atoms with van der Waals surface area (Å²) in [6.45, 7) is 9.20. The molecule has 5 rings (SSSR count). The van der Waals surface area contributed by atoms with Crippen molar-refractivity contribution in [1.82, 2.24) is 0 Å². The van der Waals surface area contributed by atoms with Crippen molar-refractivity contribution in [3.63, 3.8) is 0 Å². The Morgan fingerprint density at radius 1 is 0.938 bits per heavy atom. The van der Waals surface area contributed by atoms with Crippen LogP contribution in [0.15, 0.2) is 78.5 Å². The molecule has 2 heterocycles. The maximum atomic E-state index is 6.31. The zero-order chi connectivity index (χ0) is 22.8. The van der Waals surface area contributed by atoms with Gasteiger partial charge in [0, 0.05) is 46.6 Å². The minimum absolute atomic E-state index is 0.0759. The maximum Gasteiger partial charge on any atom is 0.210 e. The van der Waals surface area contributed by atoms with E-state index in [1.54, 1.807) is 0 Å². The number of fused-ring (bicyclic) bond motifs is 4. The van der Waals surface area contributed by atoms with Crippen LogP contribution in [0.3, 0.4) is 0 Å². The average molecular weight is 442 g/mol. The molecule has 0 fully saturated rings. The van der Waals surface area contributed by atoms with Gasteiger partial charge in [0.15, 0.2) is 5.71 Å². The van der Waals surface area contributed by atoms with E-state index in [1.165, 1.54) is 44.7 Å². The van der Waals surface area contributed by atoms with E-state index < -0.39 is 0 Å². The molecule has 0 N–H and O–H groups in total. The third kappa shape index (κ3) is 2.89. The Hall–Kier alpha value is -2.84. The van der Waals surface area contributed by atoms with Crippen LogP contribution in [-0.4, -0.2) is 24.4 Å². The summed E-state index contributed by atoms with van der Waals surface area (Å²) < 4.78 is 2.34. The number of benzene rings is 3. The highest BCUT2D eigenvalue weighted by Gasteiger charge is 2.44. The number of hydrogen-bond acceptors (Lipinski definition) is 1. The van der Waals surface area contributed by atoms with Crippen molar-refractivity contribution in [3.8, 4) is 0 Å².